The van der Waals surface area contributed by atoms with E-state index in [0.29, 0.717) is 21.3 Å². The van der Waals surface area contributed by atoms with Crippen molar-refractivity contribution in [3.05, 3.63) is 82.0 Å². The predicted molar refractivity (Wildman–Crippen MR) is 117 cm³/mol. The standard InChI is InChI=1S/C22H17Cl2F2N3O2/c1-13(30)29(19-8-3-2-5-15(19)22(25)26)20-11-14(9-10-27-20)28-21(31)12-16-17(23)6-4-7-18(16)24/h2-11,22H,12H2,1H3,(H,27,28,31). The number of alkyl halides is 2. The molecule has 1 N–H and O–H groups in total. The number of carbonyl (C=O) groups is 2. The van der Waals surface area contributed by atoms with Crippen LogP contribution >= 0.6 is 23.2 Å². The maximum absolute atomic E-state index is 13.5. The largest absolute Gasteiger partial charge is 0.326 e. The Bertz CT molecular complexity index is 1110. The number of rotatable bonds is 6. The smallest absolute Gasteiger partial charge is 0.265 e. The van der Waals surface area contributed by atoms with Crippen molar-refractivity contribution in [1.82, 2.24) is 4.98 Å². The molecule has 0 aliphatic carbocycles. The van der Waals surface area contributed by atoms with E-state index in [0.717, 1.165) is 4.90 Å². The van der Waals surface area contributed by atoms with Crippen LogP contribution in [0.3, 0.4) is 0 Å². The van der Waals surface area contributed by atoms with Gasteiger partial charge in [0.25, 0.3) is 6.43 Å². The van der Waals surface area contributed by atoms with Gasteiger partial charge in [0.15, 0.2) is 0 Å². The monoisotopic (exact) mass is 463 g/mol. The Morgan fingerprint density at radius 1 is 1.06 bits per heavy atom. The van der Waals surface area contributed by atoms with Crippen molar-refractivity contribution < 1.29 is 18.4 Å². The molecule has 2 aromatic carbocycles. The number of aromatic nitrogens is 1. The zero-order chi connectivity index (χ0) is 22.5. The van der Waals surface area contributed by atoms with Crippen molar-refractivity contribution in [3.63, 3.8) is 0 Å². The lowest BCUT2D eigenvalue weighted by atomic mass is 10.1. The summed E-state index contributed by atoms with van der Waals surface area (Å²) in [7, 11) is 0. The van der Waals surface area contributed by atoms with Gasteiger partial charge in [0.1, 0.15) is 5.82 Å². The van der Waals surface area contributed by atoms with Crippen LogP contribution in [-0.4, -0.2) is 16.8 Å². The molecule has 9 heteroatoms. The van der Waals surface area contributed by atoms with Gasteiger partial charge in [-0.2, -0.15) is 0 Å². The molecule has 3 aromatic rings. The van der Waals surface area contributed by atoms with Crippen LogP contribution in [0.15, 0.2) is 60.8 Å². The lowest BCUT2D eigenvalue weighted by molar-refractivity contribution is -0.116. The number of para-hydroxylation sites is 1. The van der Waals surface area contributed by atoms with Gasteiger partial charge in [0.05, 0.1) is 12.1 Å². The predicted octanol–water partition coefficient (Wildman–Crippen LogP) is 6.19. The second-order valence-corrected chi connectivity index (χ2v) is 7.36. The number of benzene rings is 2. The van der Waals surface area contributed by atoms with Gasteiger partial charge in [0, 0.05) is 40.5 Å². The van der Waals surface area contributed by atoms with E-state index in [1.54, 1.807) is 24.3 Å². The summed E-state index contributed by atoms with van der Waals surface area (Å²) in [6.07, 6.45) is -1.48. The molecular formula is C22H17Cl2F2N3O2. The van der Waals surface area contributed by atoms with Crippen LogP contribution in [0.25, 0.3) is 0 Å². The van der Waals surface area contributed by atoms with Crippen LogP contribution in [0.1, 0.15) is 24.5 Å². The van der Waals surface area contributed by atoms with E-state index in [4.69, 9.17) is 23.2 Å². The highest BCUT2D eigenvalue weighted by atomic mass is 35.5. The Morgan fingerprint density at radius 3 is 2.39 bits per heavy atom. The number of halogens is 4. The quantitative estimate of drug-likeness (QED) is 0.473. The van der Waals surface area contributed by atoms with Gasteiger partial charge in [-0.3, -0.25) is 14.5 Å². The highest BCUT2D eigenvalue weighted by Crippen LogP contribution is 2.34. The van der Waals surface area contributed by atoms with E-state index in [-0.39, 0.29) is 23.5 Å². The maximum Gasteiger partial charge on any atom is 0.265 e. The molecule has 0 bridgehead atoms. The van der Waals surface area contributed by atoms with Crippen LogP contribution in [0.5, 0.6) is 0 Å². The van der Waals surface area contributed by atoms with Crippen LogP contribution < -0.4 is 10.2 Å². The van der Waals surface area contributed by atoms with E-state index in [1.165, 1.54) is 43.5 Å². The van der Waals surface area contributed by atoms with Gasteiger partial charge >= 0.3 is 0 Å². The number of anilines is 3. The average molecular weight is 464 g/mol. The topological polar surface area (TPSA) is 62.3 Å². The normalized spacial score (nSPS) is 10.8. The molecular weight excluding hydrogens is 447 g/mol. The molecule has 5 nitrogen and oxygen atoms in total. The number of nitrogens with zero attached hydrogens (tertiary/aromatic N) is 2. The first kappa shape index (κ1) is 22.7. The van der Waals surface area contributed by atoms with E-state index in [2.05, 4.69) is 10.3 Å². The molecule has 0 saturated carbocycles. The van der Waals surface area contributed by atoms with Crippen molar-refractivity contribution in [1.29, 1.82) is 0 Å². The van der Waals surface area contributed by atoms with Gasteiger partial charge in [-0.1, -0.05) is 47.5 Å². The summed E-state index contributed by atoms with van der Waals surface area (Å²) < 4.78 is 26.9. The Morgan fingerprint density at radius 2 is 1.74 bits per heavy atom. The van der Waals surface area contributed by atoms with Gasteiger partial charge in [-0.05, 0) is 29.8 Å². The summed E-state index contributed by atoms with van der Waals surface area (Å²) in [4.78, 5) is 30.0. The minimum absolute atomic E-state index is 0.0174. The molecule has 1 aromatic heterocycles. The van der Waals surface area contributed by atoms with Crippen molar-refractivity contribution in [2.75, 3.05) is 10.2 Å². The lowest BCUT2D eigenvalue weighted by Gasteiger charge is -2.23. The molecule has 0 atom stereocenters. The molecule has 160 valence electrons. The number of hydrogen-bond acceptors (Lipinski definition) is 3. The third-order valence-corrected chi connectivity index (χ3v) is 5.09. The summed E-state index contributed by atoms with van der Waals surface area (Å²) in [5, 5.41) is 3.42. The second kappa shape index (κ2) is 9.85. The minimum Gasteiger partial charge on any atom is -0.326 e. The minimum atomic E-state index is -2.78. The van der Waals surface area contributed by atoms with Gasteiger partial charge in [-0.25, -0.2) is 13.8 Å². The molecule has 0 saturated heterocycles. The van der Waals surface area contributed by atoms with E-state index >= 15 is 0 Å². The number of nitrogens with one attached hydrogen (secondary N) is 1. The fourth-order valence-corrected chi connectivity index (χ4v) is 3.55. The molecule has 0 unspecified atom stereocenters. The number of hydrogen-bond donors (Lipinski definition) is 1. The summed E-state index contributed by atoms with van der Waals surface area (Å²) in [6.45, 7) is 1.24. The van der Waals surface area contributed by atoms with Crippen LogP contribution in [0, 0.1) is 0 Å². The van der Waals surface area contributed by atoms with Crippen molar-refractivity contribution >= 4 is 52.2 Å². The fraction of sp³-hybridized carbons (Fsp3) is 0.136. The molecule has 2 amide bonds. The molecule has 0 spiro atoms. The molecule has 1 heterocycles. The van der Waals surface area contributed by atoms with Gasteiger partial charge in [-0.15, -0.1) is 0 Å². The first-order valence-electron chi connectivity index (χ1n) is 9.14. The van der Waals surface area contributed by atoms with Crippen LogP contribution in [0.4, 0.5) is 26.0 Å². The van der Waals surface area contributed by atoms with E-state index in [9.17, 15) is 18.4 Å². The molecule has 0 aliphatic rings. The third kappa shape index (κ3) is 5.37. The van der Waals surface area contributed by atoms with Crippen LogP contribution in [-0.2, 0) is 16.0 Å². The molecule has 0 aliphatic heterocycles. The maximum atomic E-state index is 13.5. The van der Waals surface area contributed by atoms with Crippen LogP contribution in [0.2, 0.25) is 10.0 Å². The Hall–Kier alpha value is -3.03. The summed E-state index contributed by atoms with van der Waals surface area (Å²) in [6, 6.07) is 13.6. The highest BCUT2D eigenvalue weighted by molar-refractivity contribution is 6.36. The zero-order valence-electron chi connectivity index (χ0n) is 16.3. The van der Waals surface area contributed by atoms with E-state index in [1.807, 2.05) is 0 Å². The Labute approximate surface area is 187 Å². The molecule has 31 heavy (non-hydrogen) atoms. The second-order valence-electron chi connectivity index (χ2n) is 6.54. The third-order valence-electron chi connectivity index (χ3n) is 4.39. The first-order chi connectivity index (χ1) is 14.8. The Balaban J connectivity index is 1.88. The first-order valence-corrected chi connectivity index (χ1v) is 9.90. The fourth-order valence-electron chi connectivity index (χ4n) is 3.02. The SMILES string of the molecule is CC(=O)N(c1cc(NC(=O)Cc2c(Cl)cccc2Cl)ccn1)c1ccccc1C(F)F. The van der Waals surface area contributed by atoms with Gasteiger partial charge in [0.2, 0.25) is 11.8 Å². The zero-order valence-corrected chi connectivity index (χ0v) is 17.8. The number of pyridine rings is 1. The summed E-state index contributed by atoms with van der Waals surface area (Å²) >= 11 is 12.2. The number of carbonyl (C=O) groups excluding carboxylic acids is 2. The summed E-state index contributed by atoms with van der Waals surface area (Å²) in [5.74, 6) is -0.810. The lowest BCUT2D eigenvalue weighted by Crippen LogP contribution is -2.25. The van der Waals surface area contributed by atoms with E-state index < -0.39 is 18.2 Å². The molecule has 0 radical (unpaired) electrons. The number of amides is 2. The average Bonchev–Trinajstić information content (AvgIpc) is 2.71. The van der Waals surface area contributed by atoms with Gasteiger partial charge < -0.3 is 5.32 Å². The van der Waals surface area contributed by atoms with Crippen molar-refractivity contribution in [2.24, 2.45) is 0 Å². The van der Waals surface area contributed by atoms with Crippen molar-refractivity contribution in [3.8, 4) is 0 Å². The summed E-state index contributed by atoms with van der Waals surface area (Å²) in [5.41, 5.74) is 0.527. The Kier molecular flexibility index (Phi) is 7.20. The highest BCUT2D eigenvalue weighted by Gasteiger charge is 2.23. The molecule has 0 fully saturated rings. The van der Waals surface area contributed by atoms with Crippen molar-refractivity contribution in [2.45, 2.75) is 19.8 Å². The molecule has 3 rings (SSSR count).